The van der Waals surface area contributed by atoms with Gasteiger partial charge in [-0.15, -0.1) is 0 Å². The van der Waals surface area contributed by atoms with Gasteiger partial charge >= 0.3 is 0 Å². The predicted octanol–water partition coefficient (Wildman–Crippen LogP) is 1.28. The molecule has 6 heteroatoms. The van der Waals surface area contributed by atoms with Gasteiger partial charge in [-0.1, -0.05) is 11.6 Å². The van der Waals surface area contributed by atoms with Crippen LogP contribution in [0.3, 0.4) is 0 Å². The van der Waals surface area contributed by atoms with Crippen LogP contribution in [0.2, 0.25) is 10.4 Å². The highest BCUT2D eigenvalue weighted by Gasteiger charge is 2.11. The van der Waals surface area contributed by atoms with Crippen molar-refractivity contribution >= 4 is 23.2 Å². The van der Waals surface area contributed by atoms with E-state index < -0.39 is 0 Å². The lowest BCUT2D eigenvalue weighted by atomic mass is 10.4. The van der Waals surface area contributed by atoms with Crippen LogP contribution in [-0.2, 0) is 6.61 Å². The average molecular weight is 209 g/mol. The molecular weight excluding hydrogens is 203 g/mol. The van der Waals surface area contributed by atoms with Gasteiger partial charge in [-0.05, 0) is 11.6 Å². The molecule has 1 aromatic rings. The van der Waals surface area contributed by atoms with Crippen LogP contribution >= 0.6 is 23.2 Å². The summed E-state index contributed by atoms with van der Waals surface area (Å²) in [5.41, 5.74) is 0.280. The monoisotopic (exact) mass is 208 g/mol. The molecule has 1 N–H and O–H groups in total. The molecule has 1 aromatic heterocycles. The van der Waals surface area contributed by atoms with Gasteiger partial charge < -0.3 is 9.84 Å². The number of hydrogen-bond acceptors (Lipinski definition) is 4. The quantitative estimate of drug-likeness (QED) is 0.588. The number of methoxy groups -OCH3 is 1. The average Bonchev–Trinajstić information content (AvgIpc) is 2.03. The first-order valence-electron chi connectivity index (χ1n) is 3.05. The molecule has 1 heterocycles. The molecule has 0 aliphatic carbocycles. The maximum absolute atomic E-state index is 8.81. The minimum Gasteiger partial charge on any atom is -0.492 e. The second-order valence-corrected chi connectivity index (χ2v) is 2.62. The van der Waals surface area contributed by atoms with E-state index in [0.717, 1.165) is 0 Å². The number of ether oxygens (including phenoxy) is 1. The van der Waals surface area contributed by atoms with Crippen molar-refractivity contribution in [1.82, 2.24) is 9.97 Å². The summed E-state index contributed by atoms with van der Waals surface area (Å²) >= 11 is 11.1. The Hall–Kier alpha value is -0.580. The van der Waals surface area contributed by atoms with Crippen LogP contribution in [-0.4, -0.2) is 22.2 Å². The van der Waals surface area contributed by atoms with E-state index in [1.807, 2.05) is 0 Å². The Morgan fingerprint density at radius 1 is 1.42 bits per heavy atom. The molecule has 0 radical (unpaired) electrons. The number of rotatable bonds is 2. The van der Waals surface area contributed by atoms with Crippen LogP contribution in [0.5, 0.6) is 5.75 Å². The molecule has 0 atom stereocenters. The van der Waals surface area contributed by atoms with Gasteiger partial charge in [-0.3, -0.25) is 0 Å². The lowest BCUT2D eigenvalue weighted by Crippen LogP contribution is -1.99. The van der Waals surface area contributed by atoms with Crippen molar-refractivity contribution in [1.29, 1.82) is 0 Å². The Kier molecular flexibility index (Phi) is 3.08. The third kappa shape index (κ3) is 1.77. The van der Waals surface area contributed by atoms with Gasteiger partial charge in [0.15, 0.2) is 10.9 Å². The van der Waals surface area contributed by atoms with E-state index in [0.29, 0.717) is 0 Å². The van der Waals surface area contributed by atoms with Crippen LogP contribution in [0, 0.1) is 0 Å². The number of nitrogens with zero attached hydrogens (tertiary/aromatic N) is 2. The molecule has 0 saturated heterocycles. The molecule has 66 valence electrons. The number of hydrogen-bond donors (Lipinski definition) is 1. The van der Waals surface area contributed by atoms with Gasteiger partial charge in [-0.25, -0.2) is 9.97 Å². The third-order valence-corrected chi connectivity index (χ3v) is 1.65. The molecule has 0 fully saturated rings. The molecular formula is C6H6Cl2N2O2. The van der Waals surface area contributed by atoms with Gasteiger partial charge in [0.1, 0.15) is 5.69 Å². The first-order valence-corrected chi connectivity index (χ1v) is 3.81. The maximum Gasteiger partial charge on any atom is 0.224 e. The van der Waals surface area contributed by atoms with Gasteiger partial charge in [-0.2, -0.15) is 0 Å². The fraction of sp³-hybridized carbons (Fsp3) is 0.333. The van der Waals surface area contributed by atoms with Gasteiger partial charge in [0.2, 0.25) is 5.28 Å². The normalized spacial score (nSPS) is 10.0. The van der Waals surface area contributed by atoms with E-state index in [4.69, 9.17) is 33.0 Å². The fourth-order valence-electron chi connectivity index (χ4n) is 0.747. The van der Waals surface area contributed by atoms with Crippen molar-refractivity contribution in [3.8, 4) is 5.75 Å². The second kappa shape index (κ2) is 3.89. The van der Waals surface area contributed by atoms with Crippen molar-refractivity contribution in [2.45, 2.75) is 6.61 Å². The van der Waals surface area contributed by atoms with Gasteiger partial charge in [0.25, 0.3) is 0 Å². The van der Waals surface area contributed by atoms with Crippen molar-refractivity contribution in [3.05, 3.63) is 16.1 Å². The van der Waals surface area contributed by atoms with E-state index in [-0.39, 0.29) is 28.5 Å². The Morgan fingerprint density at radius 2 is 2.08 bits per heavy atom. The molecule has 0 bridgehead atoms. The lowest BCUT2D eigenvalue weighted by molar-refractivity contribution is 0.267. The first kappa shape index (κ1) is 9.51. The van der Waals surface area contributed by atoms with Crippen molar-refractivity contribution in [2.24, 2.45) is 0 Å². The SMILES string of the molecule is COc1c(Cl)nc(Cl)nc1CO. The summed E-state index contributed by atoms with van der Waals surface area (Å²) in [5, 5.41) is 8.90. The zero-order valence-corrected chi connectivity index (χ0v) is 7.72. The van der Waals surface area contributed by atoms with E-state index in [9.17, 15) is 0 Å². The molecule has 12 heavy (non-hydrogen) atoms. The number of aliphatic hydroxyl groups is 1. The Labute approximate surface area is 79.1 Å². The molecule has 0 amide bonds. The molecule has 0 spiro atoms. The molecule has 0 aliphatic rings. The highest BCUT2D eigenvalue weighted by molar-refractivity contribution is 6.32. The van der Waals surface area contributed by atoms with Crippen molar-refractivity contribution < 1.29 is 9.84 Å². The summed E-state index contributed by atoms with van der Waals surface area (Å²) in [4.78, 5) is 7.35. The number of aromatic nitrogens is 2. The number of halogens is 2. The molecule has 0 saturated carbocycles. The summed E-state index contributed by atoms with van der Waals surface area (Å²) in [6.45, 7) is -0.287. The number of aliphatic hydroxyl groups excluding tert-OH is 1. The predicted molar refractivity (Wildman–Crippen MR) is 44.5 cm³/mol. The highest BCUT2D eigenvalue weighted by atomic mass is 35.5. The zero-order valence-electron chi connectivity index (χ0n) is 6.21. The summed E-state index contributed by atoms with van der Waals surface area (Å²) < 4.78 is 4.85. The molecule has 1 rings (SSSR count). The van der Waals surface area contributed by atoms with Crippen molar-refractivity contribution in [2.75, 3.05) is 7.11 Å². The van der Waals surface area contributed by atoms with Crippen LogP contribution in [0.1, 0.15) is 5.69 Å². The van der Waals surface area contributed by atoms with Crippen LogP contribution in [0.4, 0.5) is 0 Å². The topological polar surface area (TPSA) is 55.2 Å². The van der Waals surface area contributed by atoms with E-state index >= 15 is 0 Å². The highest BCUT2D eigenvalue weighted by Crippen LogP contribution is 2.26. The molecule has 4 nitrogen and oxygen atoms in total. The fourth-order valence-corrected chi connectivity index (χ4v) is 1.24. The van der Waals surface area contributed by atoms with Gasteiger partial charge in [0.05, 0.1) is 13.7 Å². The molecule has 0 aliphatic heterocycles. The first-order chi connectivity index (χ1) is 5.69. The van der Waals surface area contributed by atoms with Crippen molar-refractivity contribution in [3.63, 3.8) is 0 Å². The summed E-state index contributed by atoms with van der Waals surface area (Å²) in [6.07, 6.45) is 0. The lowest BCUT2D eigenvalue weighted by Gasteiger charge is -2.05. The van der Waals surface area contributed by atoms with E-state index in [1.165, 1.54) is 7.11 Å². The smallest absolute Gasteiger partial charge is 0.224 e. The molecule has 0 aromatic carbocycles. The Balaban J connectivity index is 3.24. The minimum absolute atomic E-state index is 0.00940. The summed E-state index contributed by atoms with van der Waals surface area (Å²) in [7, 11) is 1.41. The standard InChI is InChI=1S/C6H6Cl2N2O2/c1-12-4-3(2-11)9-6(8)10-5(4)7/h11H,2H2,1H3. The van der Waals surface area contributed by atoms with Crippen LogP contribution in [0.15, 0.2) is 0 Å². The third-order valence-electron chi connectivity index (χ3n) is 1.22. The molecule has 0 unspecified atom stereocenters. The maximum atomic E-state index is 8.81. The Morgan fingerprint density at radius 3 is 2.58 bits per heavy atom. The van der Waals surface area contributed by atoms with Gasteiger partial charge in [0, 0.05) is 0 Å². The zero-order chi connectivity index (χ0) is 9.14. The second-order valence-electron chi connectivity index (χ2n) is 1.92. The summed E-state index contributed by atoms with van der Waals surface area (Å²) in [5.74, 6) is 0.253. The van der Waals surface area contributed by atoms with Crippen LogP contribution in [0.25, 0.3) is 0 Å². The van der Waals surface area contributed by atoms with Crippen LogP contribution < -0.4 is 4.74 Å². The minimum atomic E-state index is -0.287. The van der Waals surface area contributed by atoms with E-state index in [1.54, 1.807) is 0 Å². The Bertz CT molecular complexity index is 293. The van der Waals surface area contributed by atoms with E-state index in [2.05, 4.69) is 9.97 Å². The summed E-state index contributed by atoms with van der Waals surface area (Å²) in [6, 6.07) is 0. The largest absolute Gasteiger partial charge is 0.492 e.